The van der Waals surface area contributed by atoms with Crippen molar-refractivity contribution in [3.05, 3.63) is 182 Å². The average Bonchev–Trinajstić information content (AvgIpc) is 3.93. The van der Waals surface area contributed by atoms with E-state index in [1.165, 1.54) is 58.4 Å². The van der Waals surface area contributed by atoms with Gasteiger partial charge in [0.2, 0.25) is 0 Å². The number of furan rings is 2. The summed E-state index contributed by atoms with van der Waals surface area (Å²) in [5.41, 5.74) is 10.5. The van der Waals surface area contributed by atoms with Crippen molar-refractivity contribution in [3.8, 4) is 44.7 Å². The molecule has 0 aliphatic heterocycles. The number of para-hydroxylation sites is 1. The Kier molecular flexibility index (Phi) is 6.54. The van der Waals surface area contributed by atoms with Gasteiger partial charge in [0.1, 0.15) is 22.5 Å². The second-order valence-electron chi connectivity index (χ2n) is 14.3. The van der Waals surface area contributed by atoms with Gasteiger partial charge in [-0.25, -0.2) is 0 Å². The summed E-state index contributed by atoms with van der Waals surface area (Å²) in [5.74, 6) is 0.865. The Bertz CT molecular complexity index is 3420. The number of fused-ring (bicyclic) bond motifs is 9. The molecule has 0 atom stereocenters. The van der Waals surface area contributed by atoms with Crippen LogP contribution in [-0.4, -0.2) is 0 Å². The first kappa shape index (κ1) is 30.5. The van der Waals surface area contributed by atoms with Crippen LogP contribution in [0.5, 0.6) is 0 Å². The minimum atomic E-state index is 0.807. The lowest BCUT2D eigenvalue weighted by atomic mass is 9.85. The normalized spacial score (nSPS) is 12.0. The van der Waals surface area contributed by atoms with Crippen molar-refractivity contribution in [1.29, 1.82) is 0 Å². The largest absolute Gasteiger partial charge is 0.455 e. The molecule has 9 aromatic carbocycles. The number of hydrogen-bond donors (Lipinski definition) is 0. The monoisotopic (exact) mass is 718 g/mol. The van der Waals surface area contributed by atoms with Gasteiger partial charge in [0.25, 0.3) is 0 Å². The molecule has 0 spiro atoms. The van der Waals surface area contributed by atoms with Crippen molar-refractivity contribution < 1.29 is 8.83 Å². The van der Waals surface area contributed by atoms with E-state index < -0.39 is 0 Å². The van der Waals surface area contributed by atoms with E-state index in [2.05, 4.69) is 176 Å². The standard InChI is InChI=1S/C52H30O2S/c1-3-14-31(15-4-1)49-43-29-41-39-23-13-24-40(52(39)54-44(41)30-45(43)53-51(49)32-16-5-2-6-17-32)50-37-21-9-7-19-35(37)48(36-20-8-10-22-38(36)50)33-26-27-47-42(28-33)34-18-11-12-25-46(34)55-47/h1-30H. The van der Waals surface area contributed by atoms with E-state index in [-0.39, 0.29) is 0 Å². The summed E-state index contributed by atoms with van der Waals surface area (Å²) in [4.78, 5) is 0. The molecule has 2 nitrogen and oxygen atoms in total. The molecule has 0 fully saturated rings. The first-order valence-corrected chi connectivity index (χ1v) is 19.5. The fraction of sp³-hybridized carbons (Fsp3) is 0. The van der Waals surface area contributed by atoms with Gasteiger partial charge in [-0.3, -0.25) is 0 Å². The van der Waals surface area contributed by atoms with Gasteiger partial charge in [0, 0.05) is 64.7 Å². The van der Waals surface area contributed by atoms with Gasteiger partial charge >= 0.3 is 0 Å². The molecule has 55 heavy (non-hydrogen) atoms. The quantitative estimate of drug-likeness (QED) is 0.169. The minimum absolute atomic E-state index is 0.807. The van der Waals surface area contributed by atoms with Gasteiger partial charge in [-0.1, -0.05) is 152 Å². The minimum Gasteiger partial charge on any atom is -0.455 e. The maximum absolute atomic E-state index is 6.94. The summed E-state index contributed by atoms with van der Waals surface area (Å²) in [7, 11) is 0. The zero-order valence-corrected chi connectivity index (χ0v) is 30.4. The number of hydrogen-bond acceptors (Lipinski definition) is 3. The topological polar surface area (TPSA) is 26.3 Å². The van der Waals surface area contributed by atoms with Crippen LogP contribution < -0.4 is 0 Å². The summed E-state index contributed by atoms with van der Waals surface area (Å²) >= 11 is 1.86. The number of rotatable bonds is 4. The molecule has 0 amide bonds. The fourth-order valence-electron chi connectivity index (χ4n) is 8.88. The van der Waals surface area contributed by atoms with Crippen LogP contribution in [0.25, 0.3) is 119 Å². The molecule has 0 aliphatic carbocycles. The van der Waals surface area contributed by atoms with Crippen molar-refractivity contribution in [1.82, 2.24) is 0 Å². The lowest BCUT2D eigenvalue weighted by molar-refractivity contribution is 0.629. The summed E-state index contributed by atoms with van der Waals surface area (Å²) in [6.07, 6.45) is 0. The van der Waals surface area contributed by atoms with Gasteiger partial charge in [-0.2, -0.15) is 0 Å². The summed E-state index contributed by atoms with van der Waals surface area (Å²) in [5, 5.41) is 10.7. The van der Waals surface area contributed by atoms with E-state index in [0.717, 1.165) is 60.9 Å². The molecule has 0 bridgehead atoms. The molecular weight excluding hydrogens is 689 g/mol. The third-order valence-corrected chi connectivity index (χ3v) is 12.4. The highest BCUT2D eigenvalue weighted by Crippen LogP contribution is 2.49. The average molecular weight is 719 g/mol. The number of benzene rings is 9. The predicted molar refractivity (Wildman–Crippen MR) is 233 cm³/mol. The van der Waals surface area contributed by atoms with E-state index in [0.29, 0.717) is 0 Å². The highest BCUT2D eigenvalue weighted by molar-refractivity contribution is 7.25. The van der Waals surface area contributed by atoms with Crippen LogP contribution >= 0.6 is 11.3 Å². The zero-order valence-electron chi connectivity index (χ0n) is 29.5. The molecule has 12 rings (SSSR count). The zero-order chi connectivity index (χ0) is 36.0. The van der Waals surface area contributed by atoms with E-state index in [9.17, 15) is 0 Å². The summed E-state index contributed by atoms with van der Waals surface area (Å²) in [6, 6.07) is 65.3. The second kappa shape index (κ2) is 11.8. The van der Waals surface area contributed by atoms with Crippen LogP contribution in [0.1, 0.15) is 0 Å². The van der Waals surface area contributed by atoms with Crippen LogP contribution in [0.15, 0.2) is 191 Å². The SMILES string of the molecule is c1ccc(-c2oc3cc4oc5c(-c6c7ccccc7c(-c7ccc8sc9ccccc9c8c7)c7ccccc67)cccc5c4cc3c2-c2ccccc2)cc1. The van der Waals surface area contributed by atoms with Gasteiger partial charge < -0.3 is 8.83 Å². The van der Waals surface area contributed by atoms with E-state index in [4.69, 9.17) is 8.83 Å². The molecule has 12 aromatic rings. The Morgan fingerprint density at radius 1 is 0.309 bits per heavy atom. The van der Waals surface area contributed by atoms with Crippen LogP contribution in [0.3, 0.4) is 0 Å². The molecule has 0 saturated carbocycles. The Morgan fingerprint density at radius 3 is 1.62 bits per heavy atom. The van der Waals surface area contributed by atoms with Crippen LogP contribution in [0, 0.1) is 0 Å². The van der Waals surface area contributed by atoms with Crippen molar-refractivity contribution in [2.24, 2.45) is 0 Å². The van der Waals surface area contributed by atoms with Crippen LogP contribution in [0.4, 0.5) is 0 Å². The number of thiophene rings is 1. The van der Waals surface area contributed by atoms with E-state index in [1.807, 2.05) is 17.4 Å². The lowest BCUT2D eigenvalue weighted by Crippen LogP contribution is -1.91. The predicted octanol–water partition coefficient (Wildman–Crippen LogP) is 15.7. The van der Waals surface area contributed by atoms with Crippen molar-refractivity contribution >= 4 is 86.0 Å². The first-order valence-electron chi connectivity index (χ1n) is 18.7. The molecule has 0 aliphatic rings. The maximum atomic E-state index is 6.94. The first-order chi connectivity index (χ1) is 27.3. The highest BCUT2D eigenvalue weighted by Gasteiger charge is 2.23. The van der Waals surface area contributed by atoms with Gasteiger partial charge in [0.05, 0.1) is 0 Å². The third-order valence-electron chi connectivity index (χ3n) is 11.3. The highest BCUT2D eigenvalue weighted by atomic mass is 32.1. The van der Waals surface area contributed by atoms with Crippen molar-refractivity contribution in [2.75, 3.05) is 0 Å². The lowest BCUT2D eigenvalue weighted by Gasteiger charge is -2.18. The van der Waals surface area contributed by atoms with Gasteiger partial charge in [-0.05, 0) is 62.5 Å². The van der Waals surface area contributed by atoms with E-state index >= 15 is 0 Å². The molecule has 0 radical (unpaired) electrons. The van der Waals surface area contributed by atoms with Gasteiger partial charge in [-0.15, -0.1) is 11.3 Å². The molecule has 3 heteroatoms. The Balaban J connectivity index is 1.12. The fourth-order valence-corrected chi connectivity index (χ4v) is 9.97. The Morgan fingerprint density at radius 2 is 0.891 bits per heavy atom. The summed E-state index contributed by atoms with van der Waals surface area (Å²) < 4.78 is 16.3. The molecule has 0 saturated heterocycles. The molecule has 3 aromatic heterocycles. The van der Waals surface area contributed by atoms with Crippen LogP contribution in [0.2, 0.25) is 0 Å². The summed E-state index contributed by atoms with van der Waals surface area (Å²) in [6.45, 7) is 0. The van der Waals surface area contributed by atoms with Crippen molar-refractivity contribution in [3.63, 3.8) is 0 Å². The van der Waals surface area contributed by atoms with Crippen molar-refractivity contribution in [2.45, 2.75) is 0 Å². The Hall–Kier alpha value is -6.94. The molecule has 0 N–H and O–H groups in total. The molecule has 256 valence electrons. The molecular formula is C52H30O2S. The molecule has 3 heterocycles. The van der Waals surface area contributed by atoms with E-state index in [1.54, 1.807) is 0 Å². The molecule has 0 unspecified atom stereocenters. The third kappa shape index (κ3) is 4.54. The van der Waals surface area contributed by atoms with Crippen LogP contribution in [-0.2, 0) is 0 Å². The second-order valence-corrected chi connectivity index (χ2v) is 15.4. The van der Waals surface area contributed by atoms with Gasteiger partial charge in [0.15, 0.2) is 0 Å². The smallest absolute Gasteiger partial charge is 0.143 e. The maximum Gasteiger partial charge on any atom is 0.143 e. The Labute approximate surface area is 320 Å².